The standard InChI is InChI=1S/C79H90N14O15/c1-44(2)70(86-68(96)39-83-67(95)38-82-66(94)24-25-69(97)90-40-50-14-9-10-15-54(50)71-72(93(45(3)4)88-87-71)55-16-11-12-17-59(55)90)74(99)84-47(6)73(98)85-52-22-19-48(20-23-52)42-108-78(103)92-60-34-65(63(105-8)32-57(60)76(101)91-43-79(26-27-79)35-61(91)77(92)102)107-29-13-28-106-64-33-58-56(31-62(64)104-7)75(100)89-41-51(30-53(89)37-81-58)49-21-18-46(5)80-36-49/h9-12,14-23,31-34,36,41,44-45,47,53,61,70,77,81,87-88,102H,13,24-30,35,37-40,42-43H2,1-8H3,(H,82,94)(H,83,95)(H,84,99)(H,85,98)(H,86,96)/t47-,53-,61-,70-,77?/m0/s1. The zero-order valence-corrected chi connectivity index (χ0v) is 61.5. The summed E-state index contributed by atoms with van der Waals surface area (Å²) in [5.74, 6) is -3.28. The van der Waals surface area contributed by atoms with Crippen LogP contribution in [0.3, 0.4) is 0 Å². The third kappa shape index (κ3) is 15.9. The van der Waals surface area contributed by atoms with Crippen molar-refractivity contribution in [2.45, 2.75) is 136 Å². The fourth-order valence-corrected chi connectivity index (χ4v) is 14.5. The van der Waals surface area contributed by atoms with Crippen molar-refractivity contribution in [1.29, 1.82) is 0 Å². The van der Waals surface area contributed by atoms with Gasteiger partial charge in [-0.05, 0) is 123 Å². The van der Waals surface area contributed by atoms with E-state index < -0.39 is 79.0 Å². The first-order chi connectivity index (χ1) is 52.0. The van der Waals surface area contributed by atoms with E-state index in [-0.39, 0.29) is 97.2 Å². The van der Waals surface area contributed by atoms with Crippen LogP contribution in [0.25, 0.3) is 17.0 Å². The van der Waals surface area contributed by atoms with E-state index in [0.717, 1.165) is 62.7 Å². The van der Waals surface area contributed by atoms with E-state index in [2.05, 4.69) is 61.7 Å². The summed E-state index contributed by atoms with van der Waals surface area (Å²) < 4.78 is 29.9. The van der Waals surface area contributed by atoms with E-state index in [1.165, 1.54) is 33.3 Å². The van der Waals surface area contributed by atoms with Gasteiger partial charge in [-0.15, -0.1) is 5.53 Å². The van der Waals surface area contributed by atoms with Crippen molar-refractivity contribution in [2.24, 2.45) is 11.3 Å². The molecule has 2 fully saturated rings. The minimum atomic E-state index is -1.50. The number of fused-ring (bicyclic) bond motifs is 8. The molecule has 6 aromatic rings. The summed E-state index contributed by atoms with van der Waals surface area (Å²) in [7, 11) is 2.95. The summed E-state index contributed by atoms with van der Waals surface area (Å²) >= 11 is 0. The van der Waals surface area contributed by atoms with Crippen LogP contribution in [0.15, 0.2) is 122 Å². The number of aromatic nitrogens is 1. The molecule has 5 aromatic carbocycles. The second kappa shape index (κ2) is 31.8. The van der Waals surface area contributed by atoms with Crippen molar-refractivity contribution < 1.29 is 71.9 Å². The van der Waals surface area contributed by atoms with Gasteiger partial charge in [-0.1, -0.05) is 74.5 Å². The van der Waals surface area contributed by atoms with Crippen LogP contribution in [0.1, 0.15) is 134 Å². The average Bonchev–Trinajstić information content (AvgIpc) is 1.56. The third-order valence-electron chi connectivity index (χ3n) is 20.6. The van der Waals surface area contributed by atoms with E-state index in [9.17, 15) is 48.3 Å². The number of para-hydroxylation sites is 1. The number of rotatable bonds is 25. The number of nitrogens with zero attached hydrogens (tertiary/aromatic N) is 6. The molecule has 6 aliphatic heterocycles. The Morgan fingerprint density at radius 3 is 2.12 bits per heavy atom. The second-order valence-corrected chi connectivity index (χ2v) is 28.8. The molecule has 1 unspecified atom stereocenters. The Morgan fingerprint density at radius 1 is 0.722 bits per heavy atom. The number of aliphatic hydroxyl groups excluding tert-OH is 1. The van der Waals surface area contributed by atoms with Gasteiger partial charge in [0, 0.05) is 85.4 Å². The number of ether oxygens (including phenoxy) is 5. The van der Waals surface area contributed by atoms with Gasteiger partial charge in [0.05, 0.1) is 98.7 Å². The van der Waals surface area contributed by atoms with Crippen LogP contribution in [-0.4, -0.2) is 168 Å². The largest absolute Gasteiger partial charge is 0.493 e. The molecule has 0 bridgehead atoms. The normalized spacial score (nSPS) is 18.3. The topological polar surface area (TPSA) is 345 Å². The number of carbonyl (C=O) groups is 9. The maximum atomic E-state index is 14.5. The minimum Gasteiger partial charge on any atom is -0.493 e. The van der Waals surface area contributed by atoms with Crippen molar-refractivity contribution in [1.82, 2.24) is 52.0 Å². The molecule has 1 aromatic heterocycles. The number of hydrazine groups is 2. The zero-order chi connectivity index (χ0) is 76.2. The fraction of sp³-hybridized carbons (Fsp3) is 0.392. The zero-order valence-electron chi connectivity index (χ0n) is 61.5. The number of aryl methyl sites for hydroxylation is 1. The Morgan fingerprint density at radius 2 is 1.42 bits per heavy atom. The lowest BCUT2D eigenvalue weighted by molar-refractivity contribution is -0.132. The number of nitrogens with one attached hydrogen (secondary N) is 8. The summed E-state index contributed by atoms with van der Waals surface area (Å²) in [6, 6.07) is 29.2. The minimum absolute atomic E-state index is 0.0579. The summed E-state index contributed by atoms with van der Waals surface area (Å²) in [6.07, 6.45) is 4.20. The van der Waals surface area contributed by atoms with Crippen LogP contribution in [0.4, 0.5) is 27.5 Å². The molecule has 566 valence electrons. The molecular formula is C79H90N14O15. The average molecular weight is 1480 g/mol. The Kier molecular flexibility index (Phi) is 21.9. The molecule has 13 rings (SSSR count). The van der Waals surface area contributed by atoms with Gasteiger partial charge in [-0.25, -0.2) is 9.69 Å². The molecule has 1 saturated heterocycles. The Balaban J connectivity index is 0.568. The highest BCUT2D eigenvalue weighted by molar-refractivity contribution is 6.07. The van der Waals surface area contributed by atoms with E-state index >= 15 is 0 Å². The van der Waals surface area contributed by atoms with Gasteiger partial charge < -0.3 is 80.8 Å². The number of aliphatic hydroxyl groups is 1. The smallest absolute Gasteiger partial charge is 0.416 e. The van der Waals surface area contributed by atoms with E-state index in [4.69, 9.17) is 23.7 Å². The number of amides is 9. The lowest BCUT2D eigenvalue weighted by Crippen LogP contribution is -2.55. The van der Waals surface area contributed by atoms with Gasteiger partial charge in [-0.3, -0.25) is 48.3 Å². The number of hydrogen-bond acceptors (Lipinski definition) is 20. The molecule has 108 heavy (non-hydrogen) atoms. The molecule has 1 spiro atoms. The molecular weight excluding hydrogens is 1380 g/mol. The predicted octanol–water partition coefficient (Wildman–Crippen LogP) is 7.11. The number of carbonyl (C=O) groups excluding carboxylic acids is 9. The van der Waals surface area contributed by atoms with Gasteiger partial charge in [-0.2, -0.15) is 0 Å². The van der Waals surface area contributed by atoms with Crippen molar-refractivity contribution in [3.8, 4) is 23.0 Å². The molecule has 1 saturated carbocycles. The predicted molar refractivity (Wildman–Crippen MR) is 400 cm³/mol. The fourth-order valence-electron chi connectivity index (χ4n) is 14.5. The molecule has 9 amide bonds. The summed E-state index contributed by atoms with van der Waals surface area (Å²) in [5, 5.41) is 30.7. The van der Waals surface area contributed by atoms with Gasteiger partial charge in [0.25, 0.3) is 11.8 Å². The first kappa shape index (κ1) is 74.5. The second-order valence-electron chi connectivity index (χ2n) is 28.8. The highest BCUT2D eigenvalue weighted by Gasteiger charge is 2.58. The summed E-state index contributed by atoms with van der Waals surface area (Å²) in [5.41, 5.74) is 16.6. The van der Waals surface area contributed by atoms with Gasteiger partial charge in [0.1, 0.15) is 18.7 Å². The van der Waals surface area contributed by atoms with Crippen molar-refractivity contribution in [2.75, 3.05) is 74.0 Å². The SMILES string of the molecule is COc1cc2c(cc1OCCCOc1cc3c(cc1OC)C(=O)N1CC4(CC4)C[C@H]1C(O)N3C(=O)OCc1ccc(NC(=O)[C@H](C)NC(=O)[C@@H](NC(=O)CNC(=O)CNC(=O)CCC(=O)N3Cc4ccccc4C4=C(c5ccccc53)N(C(C)C)NN4)C(C)C)cc1)NC[C@@H]1CC(c3ccc(C)nc3)=CN1C2=O. The third-order valence-corrected chi connectivity index (χ3v) is 20.6. The number of pyridine rings is 1. The lowest BCUT2D eigenvalue weighted by Gasteiger charge is -2.32. The molecule has 5 atom stereocenters. The highest BCUT2D eigenvalue weighted by Crippen LogP contribution is 2.57. The van der Waals surface area contributed by atoms with Crippen molar-refractivity contribution >= 4 is 93.1 Å². The number of anilines is 4. The molecule has 0 radical (unpaired) electrons. The van der Waals surface area contributed by atoms with Gasteiger partial charge in [0.2, 0.25) is 35.4 Å². The maximum absolute atomic E-state index is 14.5. The van der Waals surface area contributed by atoms with Crippen molar-refractivity contribution in [3.05, 3.63) is 166 Å². The highest BCUT2D eigenvalue weighted by atomic mass is 16.6. The Labute approximate surface area is 625 Å². The van der Waals surface area contributed by atoms with E-state index in [1.54, 1.807) is 64.9 Å². The number of methoxy groups -OCH3 is 2. The Bertz CT molecular complexity index is 4580. The first-order valence-corrected chi connectivity index (χ1v) is 36.4. The number of hydrogen-bond donors (Lipinski definition) is 9. The van der Waals surface area contributed by atoms with Crippen LogP contribution in [0.5, 0.6) is 23.0 Å². The summed E-state index contributed by atoms with van der Waals surface area (Å²) in [4.78, 5) is 134. The molecule has 1 aliphatic carbocycles. The van der Waals surface area contributed by atoms with E-state index in [1.807, 2.05) is 85.0 Å². The van der Waals surface area contributed by atoms with Gasteiger partial charge >= 0.3 is 6.09 Å². The number of benzene rings is 5. The first-order valence-electron chi connectivity index (χ1n) is 36.4. The molecule has 29 nitrogen and oxygen atoms in total. The maximum Gasteiger partial charge on any atom is 0.416 e. The monoisotopic (exact) mass is 1470 g/mol. The summed E-state index contributed by atoms with van der Waals surface area (Å²) in [6.45, 7) is 11.1. The molecule has 7 heterocycles. The van der Waals surface area contributed by atoms with Crippen LogP contribution in [-0.2, 0) is 46.7 Å². The van der Waals surface area contributed by atoms with E-state index in [0.29, 0.717) is 72.0 Å². The molecule has 9 N–H and O–H groups in total. The van der Waals surface area contributed by atoms with Crippen LogP contribution in [0, 0.1) is 18.3 Å². The molecule has 29 heteroatoms. The van der Waals surface area contributed by atoms with Crippen molar-refractivity contribution in [3.63, 3.8) is 0 Å². The molecule has 7 aliphatic rings. The van der Waals surface area contributed by atoms with Crippen LogP contribution in [0.2, 0.25) is 0 Å². The van der Waals surface area contributed by atoms with Gasteiger partial charge in [0.15, 0.2) is 29.2 Å². The quantitative estimate of drug-likeness (QED) is 0.0258. The lowest BCUT2D eigenvalue weighted by atomic mass is 9.95. The Hall–Kier alpha value is -11.7. The van der Waals surface area contributed by atoms with Crippen LogP contribution < -0.4 is 71.6 Å². The van der Waals surface area contributed by atoms with Crippen LogP contribution >= 0.6 is 0 Å².